The van der Waals surface area contributed by atoms with Crippen molar-refractivity contribution in [3.05, 3.63) is 59.7 Å². The zero-order chi connectivity index (χ0) is 27.0. The molecule has 1 atom stereocenters. The maximum atomic E-state index is 13.7. The third-order valence-corrected chi connectivity index (χ3v) is 9.63. The normalized spacial score (nSPS) is 20.6. The summed E-state index contributed by atoms with van der Waals surface area (Å²) in [7, 11) is -4.09. The molecule has 2 aromatic heterocycles. The highest BCUT2D eigenvalue weighted by Crippen LogP contribution is 2.42. The minimum absolute atomic E-state index is 0.0150. The summed E-state index contributed by atoms with van der Waals surface area (Å²) in [4.78, 5) is 18.7. The van der Waals surface area contributed by atoms with E-state index in [9.17, 15) is 31.5 Å². The first-order chi connectivity index (χ1) is 17.4. The number of carbonyl (C=O) groups excluding carboxylic acids is 1. The van der Waals surface area contributed by atoms with Gasteiger partial charge in [0.2, 0.25) is 10.8 Å². The van der Waals surface area contributed by atoms with E-state index in [0.717, 1.165) is 0 Å². The highest BCUT2D eigenvalue weighted by atomic mass is 32.2. The molecule has 0 saturated heterocycles. The molecular weight excluding hydrogens is 509 g/mol. The number of primary amides is 1. The third-order valence-electron chi connectivity index (χ3n) is 7.32. The first-order valence-electron chi connectivity index (χ1n) is 12.1. The summed E-state index contributed by atoms with van der Waals surface area (Å²) >= 11 is 0. The average molecular weight is 539 g/mol. The second kappa shape index (κ2) is 10.1. The van der Waals surface area contributed by atoms with Crippen LogP contribution in [0.2, 0.25) is 0 Å². The molecule has 200 valence electrons. The monoisotopic (exact) mass is 538 g/mol. The van der Waals surface area contributed by atoms with Crippen molar-refractivity contribution in [2.24, 2.45) is 17.6 Å². The van der Waals surface area contributed by atoms with Gasteiger partial charge in [0.1, 0.15) is 5.82 Å². The van der Waals surface area contributed by atoms with Gasteiger partial charge in [-0.25, -0.2) is 13.4 Å². The van der Waals surface area contributed by atoms with E-state index in [-0.39, 0.29) is 53.5 Å². The Kier molecular flexibility index (Phi) is 7.35. The second-order valence-corrected chi connectivity index (χ2v) is 11.9. The molecule has 0 spiro atoms. The summed E-state index contributed by atoms with van der Waals surface area (Å²) in [5, 5.41) is 10.8. The number of imidazole rings is 1. The zero-order valence-electron chi connectivity index (χ0n) is 20.3. The number of nitrogens with two attached hydrogens (primary N) is 1. The van der Waals surface area contributed by atoms with Crippen LogP contribution in [0.3, 0.4) is 0 Å². The van der Waals surface area contributed by atoms with Crippen LogP contribution >= 0.6 is 0 Å². The number of alkyl halides is 3. The predicted octanol–water partition coefficient (Wildman–Crippen LogP) is 3.57. The lowest BCUT2D eigenvalue weighted by Crippen LogP contribution is -2.48. The van der Waals surface area contributed by atoms with Crippen molar-refractivity contribution >= 4 is 26.8 Å². The van der Waals surface area contributed by atoms with Crippen molar-refractivity contribution in [3.8, 4) is 0 Å². The number of benzene rings is 1. The molecule has 1 unspecified atom stereocenters. The summed E-state index contributed by atoms with van der Waals surface area (Å²) < 4.78 is 68.5. The number of aromatic nitrogens is 3. The van der Waals surface area contributed by atoms with E-state index in [1.807, 2.05) is 0 Å². The molecule has 1 aliphatic rings. The Morgan fingerprint density at radius 1 is 1.16 bits per heavy atom. The summed E-state index contributed by atoms with van der Waals surface area (Å²) in [6, 6.07) is 9.14. The average Bonchev–Trinajstić information content (AvgIpc) is 3.22. The largest absolute Gasteiger partial charge is 0.392 e. The Labute approximate surface area is 212 Å². The minimum atomic E-state index is -4.25. The molecule has 1 aliphatic carbocycles. The van der Waals surface area contributed by atoms with Crippen molar-refractivity contribution in [1.29, 1.82) is 0 Å². The van der Waals surface area contributed by atoms with E-state index in [1.54, 1.807) is 12.1 Å². The molecule has 1 amide bonds. The van der Waals surface area contributed by atoms with Gasteiger partial charge in [-0.15, -0.1) is 0 Å². The molecule has 3 N–H and O–H groups in total. The van der Waals surface area contributed by atoms with Crippen LogP contribution in [0.15, 0.2) is 42.6 Å². The third kappa shape index (κ3) is 4.84. The molecule has 4 rings (SSSR count). The van der Waals surface area contributed by atoms with E-state index in [2.05, 4.69) is 9.97 Å². The van der Waals surface area contributed by atoms with Crippen LogP contribution in [0.25, 0.3) is 11.0 Å². The molecular formula is C25H29F3N4O4S. The molecule has 3 aromatic rings. The van der Waals surface area contributed by atoms with Crippen molar-refractivity contribution in [2.45, 2.75) is 50.1 Å². The fourth-order valence-corrected chi connectivity index (χ4v) is 6.87. The lowest BCUT2D eigenvalue weighted by molar-refractivity contribution is -0.183. The summed E-state index contributed by atoms with van der Waals surface area (Å²) in [5.41, 5.74) is 6.30. The fourth-order valence-electron chi connectivity index (χ4n) is 5.27. The van der Waals surface area contributed by atoms with Gasteiger partial charge in [0.15, 0.2) is 9.84 Å². The van der Waals surface area contributed by atoms with E-state index in [4.69, 9.17) is 5.73 Å². The van der Waals surface area contributed by atoms with Crippen molar-refractivity contribution in [1.82, 2.24) is 14.5 Å². The number of hydrogen-bond donors (Lipinski definition) is 2. The van der Waals surface area contributed by atoms with Crippen molar-refractivity contribution in [3.63, 3.8) is 0 Å². The number of hydrogen-bond acceptors (Lipinski definition) is 6. The summed E-state index contributed by atoms with van der Waals surface area (Å²) in [6.45, 7) is 0.613. The van der Waals surface area contributed by atoms with Crippen LogP contribution in [0.5, 0.6) is 0 Å². The fraction of sp³-hybridized carbons (Fsp3) is 0.480. The lowest BCUT2D eigenvalue weighted by Gasteiger charge is -2.35. The number of pyridine rings is 1. The molecule has 2 heterocycles. The number of halogens is 3. The van der Waals surface area contributed by atoms with Crippen LogP contribution in [0.4, 0.5) is 13.2 Å². The first-order valence-corrected chi connectivity index (χ1v) is 13.7. The Hall–Kier alpha value is -2.99. The van der Waals surface area contributed by atoms with Gasteiger partial charge >= 0.3 is 6.18 Å². The predicted molar refractivity (Wildman–Crippen MR) is 131 cm³/mol. The van der Waals surface area contributed by atoms with Crippen LogP contribution < -0.4 is 5.73 Å². The summed E-state index contributed by atoms with van der Waals surface area (Å²) in [6.07, 6.45) is -2.06. The van der Waals surface area contributed by atoms with Gasteiger partial charge in [-0.2, -0.15) is 13.2 Å². The van der Waals surface area contributed by atoms with Gasteiger partial charge in [0, 0.05) is 18.2 Å². The topological polar surface area (TPSA) is 128 Å². The highest BCUT2D eigenvalue weighted by Gasteiger charge is 2.50. The van der Waals surface area contributed by atoms with Crippen LogP contribution in [0.1, 0.15) is 54.5 Å². The molecule has 0 aliphatic heterocycles. The molecule has 12 heteroatoms. The van der Waals surface area contributed by atoms with E-state index in [0.29, 0.717) is 18.4 Å². The molecule has 8 nitrogen and oxygen atoms in total. The Balaban J connectivity index is 1.91. The maximum absolute atomic E-state index is 13.7. The standard InChI is InChI=1S/C25H29F3N4O4S/c1-2-37(35,36)24(15-33,21-5-3-4-12-30-21)32-20-11-8-17(23(29)34)14-19(20)31-22(32)13-16-6-9-18(10-7-16)25(26,27)28/h3-5,8,11-12,14,16,18,33H,2,6-7,9-10,13,15H2,1H3,(H2,29,34). The molecule has 1 fully saturated rings. The number of sulfone groups is 1. The summed E-state index contributed by atoms with van der Waals surface area (Å²) in [5.74, 6) is -2.26. The number of rotatable bonds is 8. The minimum Gasteiger partial charge on any atom is -0.392 e. The van der Waals surface area contributed by atoms with E-state index in [1.165, 1.54) is 42.0 Å². The van der Waals surface area contributed by atoms with E-state index < -0.39 is 39.3 Å². The maximum Gasteiger partial charge on any atom is 0.391 e. The Bertz CT molecular complexity index is 1380. The van der Waals surface area contributed by atoms with Gasteiger partial charge in [0.25, 0.3) is 0 Å². The van der Waals surface area contributed by atoms with Gasteiger partial charge in [-0.05, 0) is 61.9 Å². The highest BCUT2D eigenvalue weighted by molar-refractivity contribution is 7.92. The van der Waals surface area contributed by atoms with Gasteiger partial charge in [-0.3, -0.25) is 9.78 Å². The second-order valence-electron chi connectivity index (χ2n) is 9.46. The zero-order valence-corrected chi connectivity index (χ0v) is 21.1. The van der Waals surface area contributed by atoms with Gasteiger partial charge < -0.3 is 15.4 Å². The smallest absolute Gasteiger partial charge is 0.391 e. The van der Waals surface area contributed by atoms with Crippen LogP contribution in [0, 0.1) is 11.8 Å². The van der Waals surface area contributed by atoms with E-state index >= 15 is 0 Å². The number of fused-ring (bicyclic) bond motifs is 1. The first kappa shape index (κ1) is 27.1. The van der Waals surface area contributed by atoms with Gasteiger partial charge in [-0.1, -0.05) is 13.0 Å². The van der Waals surface area contributed by atoms with Crippen molar-refractivity contribution in [2.75, 3.05) is 12.4 Å². The van der Waals surface area contributed by atoms with Crippen LogP contribution in [-0.4, -0.2) is 52.5 Å². The number of amides is 1. The van der Waals surface area contributed by atoms with Gasteiger partial charge in [0.05, 0.1) is 35.0 Å². The molecule has 37 heavy (non-hydrogen) atoms. The molecule has 1 saturated carbocycles. The number of carbonyl (C=O) groups is 1. The Morgan fingerprint density at radius 2 is 1.86 bits per heavy atom. The molecule has 0 radical (unpaired) electrons. The van der Waals surface area contributed by atoms with Crippen molar-refractivity contribution < 1.29 is 31.5 Å². The molecule has 1 aromatic carbocycles. The van der Waals surface area contributed by atoms with Crippen LogP contribution in [-0.2, 0) is 21.1 Å². The number of aliphatic hydroxyl groups is 1. The SMILES string of the molecule is CCS(=O)(=O)C(CO)(c1ccccn1)n1c(CC2CCC(C(F)(F)F)CC2)nc2cc(C(N)=O)ccc21. The Morgan fingerprint density at radius 3 is 2.41 bits per heavy atom. The molecule has 0 bridgehead atoms. The number of nitrogens with zero attached hydrogens (tertiary/aromatic N) is 3. The lowest BCUT2D eigenvalue weighted by atomic mass is 9.80. The number of aliphatic hydroxyl groups excluding tert-OH is 1. The quantitative estimate of drug-likeness (QED) is 0.451.